The molecule has 3 heterocycles. The van der Waals surface area contributed by atoms with Gasteiger partial charge in [-0.05, 0) is 31.0 Å². The van der Waals surface area contributed by atoms with Crippen molar-refractivity contribution >= 4 is 22.6 Å². The second kappa shape index (κ2) is 5.42. The summed E-state index contributed by atoms with van der Waals surface area (Å²) in [6.07, 6.45) is 4.05. The van der Waals surface area contributed by atoms with Crippen LogP contribution < -0.4 is 10.1 Å². The minimum Gasteiger partial charge on any atom is -0.494 e. The molecule has 0 unspecified atom stereocenters. The Balaban J connectivity index is 1.70. The van der Waals surface area contributed by atoms with Gasteiger partial charge in [-0.3, -0.25) is 0 Å². The molecule has 1 fully saturated rings. The fourth-order valence-electron chi connectivity index (χ4n) is 3.10. The van der Waals surface area contributed by atoms with E-state index in [9.17, 15) is 4.39 Å². The fourth-order valence-corrected chi connectivity index (χ4v) is 3.10. The van der Waals surface area contributed by atoms with E-state index >= 15 is 0 Å². The number of imidazole rings is 1. The molecule has 1 aliphatic carbocycles. The lowest BCUT2D eigenvalue weighted by Gasteiger charge is -2.06. The molecule has 0 atom stereocenters. The van der Waals surface area contributed by atoms with Gasteiger partial charge in [0, 0.05) is 24.7 Å². The maximum atomic E-state index is 14.1. The summed E-state index contributed by atoms with van der Waals surface area (Å²) in [4.78, 5) is 9.16. The summed E-state index contributed by atoms with van der Waals surface area (Å²) in [5.74, 6) is 0.556. The number of methoxy groups -OCH3 is 1. The number of halogens is 1. The highest BCUT2D eigenvalue weighted by Gasteiger charge is 2.24. The quantitative estimate of drug-likeness (QED) is 0.611. The first-order valence-corrected chi connectivity index (χ1v) is 8.45. The monoisotopic (exact) mass is 352 g/mol. The lowest BCUT2D eigenvalue weighted by Crippen LogP contribution is -2.06. The minimum atomic E-state index is -0.420. The molecule has 1 N–H and O–H groups in total. The van der Waals surface area contributed by atoms with Crippen LogP contribution in [0.1, 0.15) is 12.8 Å². The molecule has 0 aliphatic heterocycles. The average molecular weight is 352 g/mol. The molecule has 0 bridgehead atoms. The Labute approximate surface area is 148 Å². The zero-order valence-corrected chi connectivity index (χ0v) is 14.4. The smallest absolute Gasteiger partial charge is 0.167 e. The van der Waals surface area contributed by atoms with Crippen LogP contribution in [0.2, 0.25) is 0 Å². The van der Waals surface area contributed by atoms with Gasteiger partial charge < -0.3 is 14.6 Å². The molecule has 7 nitrogen and oxygen atoms in total. The van der Waals surface area contributed by atoms with Crippen LogP contribution in [0, 0.1) is 5.82 Å². The summed E-state index contributed by atoms with van der Waals surface area (Å²) < 4.78 is 22.7. The van der Waals surface area contributed by atoms with Crippen LogP contribution in [0.25, 0.3) is 28.1 Å². The van der Waals surface area contributed by atoms with E-state index in [-0.39, 0.29) is 5.75 Å². The molecule has 0 radical (unpaired) electrons. The van der Waals surface area contributed by atoms with Crippen LogP contribution in [0.15, 0.2) is 30.6 Å². The van der Waals surface area contributed by atoms with Crippen LogP contribution in [-0.4, -0.2) is 37.3 Å². The summed E-state index contributed by atoms with van der Waals surface area (Å²) in [5, 5.41) is 8.07. The van der Waals surface area contributed by atoms with Crippen LogP contribution in [0.5, 0.6) is 5.75 Å². The Hall–Kier alpha value is -3.16. The van der Waals surface area contributed by atoms with E-state index in [0.717, 1.165) is 29.8 Å². The topological polar surface area (TPSA) is 69.3 Å². The minimum absolute atomic E-state index is 0.209. The SMILES string of the molecule is COc1ccc(-c2cc3nc(NC4CC4)c4ncn(C)c4n3n2)cc1F. The highest BCUT2D eigenvalue weighted by molar-refractivity contribution is 5.86. The Morgan fingerprint density at radius 1 is 1.27 bits per heavy atom. The second-order valence-corrected chi connectivity index (χ2v) is 6.56. The summed E-state index contributed by atoms with van der Waals surface area (Å²) in [7, 11) is 3.37. The largest absolute Gasteiger partial charge is 0.494 e. The van der Waals surface area contributed by atoms with Crippen molar-refractivity contribution in [3.05, 3.63) is 36.4 Å². The first-order valence-electron chi connectivity index (χ1n) is 8.45. The van der Waals surface area contributed by atoms with Crippen molar-refractivity contribution in [1.82, 2.24) is 24.1 Å². The molecule has 3 aromatic heterocycles. The number of fused-ring (bicyclic) bond motifs is 3. The maximum absolute atomic E-state index is 14.1. The highest BCUT2D eigenvalue weighted by Crippen LogP contribution is 2.30. The lowest BCUT2D eigenvalue weighted by atomic mass is 10.1. The van der Waals surface area contributed by atoms with E-state index in [0.29, 0.717) is 22.9 Å². The van der Waals surface area contributed by atoms with E-state index in [2.05, 4.69) is 15.4 Å². The molecule has 5 rings (SSSR count). The Bertz CT molecular complexity index is 1140. The molecule has 1 aromatic carbocycles. The summed E-state index contributed by atoms with van der Waals surface area (Å²) in [5.41, 5.74) is 3.63. The molecule has 0 spiro atoms. The number of anilines is 1. The number of hydrogen-bond donors (Lipinski definition) is 1. The van der Waals surface area contributed by atoms with Crippen LogP contribution >= 0.6 is 0 Å². The Morgan fingerprint density at radius 3 is 2.85 bits per heavy atom. The number of nitrogens with one attached hydrogen (secondary N) is 1. The number of hydrogen-bond acceptors (Lipinski definition) is 5. The molecule has 132 valence electrons. The predicted molar refractivity (Wildman–Crippen MR) is 95.8 cm³/mol. The Kier molecular flexibility index (Phi) is 3.15. The summed E-state index contributed by atoms with van der Waals surface area (Å²) in [6, 6.07) is 7.12. The van der Waals surface area contributed by atoms with E-state index in [1.54, 1.807) is 23.0 Å². The van der Waals surface area contributed by atoms with E-state index < -0.39 is 5.82 Å². The molecule has 26 heavy (non-hydrogen) atoms. The molecular weight excluding hydrogens is 335 g/mol. The van der Waals surface area contributed by atoms with Gasteiger partial charge in [0.15, 0.2) is 34.2 Å². The van der Waals surface area contributed by atoms with Gasteiger partial charge in [0.25, 0.3) is 0 Å². The molecule has 0 saturated heterocycles. The van der Waals surface area contributed by atoms with Crippen molar-refractivity contribution in [2.75, 3.05) is 12.4 Å². The van der Waals surface area contributed by atoms with Crippen LogP contribution in [0.3, 0.4) is 0 Å². The zero-order chi connectivity index (χ0) is 17.8. The van der Waals surface area contributed by atoms with Gasteiger partial charge in [-0.15, -0.1) is 0 Å². The predicted octanol–water partition coefficient (Wildman–Crippen LogP) is 3.01. The van der Waals surface area contributed by atoms with Gasteiger partial charge in [-0.25, -0.2) is 14.4 Å². The summed E-state index contributed by atoms with van der Waals surface area (Å²) >= 11 is 0. The third kappa shape index (κ3) is 2.29. The Morgan fingerprint density at radius 2 is 2.12 bits per heavy atom. The third-order valence-electron chi connectivity index (χ3n) is 4.61. The number of benzene rings is 1. The van der Waals surface area contributed by atoms with Gasteiger partial charge in [0.2, 0.25) is 0 Å². The van der Waals surface area contributed by atoms with Crippen molar-refractivity contribution < 1.29 is 9.13 Å². The highest BCUT2D eigenvalue weighted by atomic mass is 19.1. The maximum Gasteiger partial charge on any atom is 0.167 e. The second-order valence-electron chi connectivity index (χ2n) is 6.56. The van der Waals surface area contributed by atoms with E-state index in [1.165, 1.54) is 13.2 Å². The average Bonchev–Trinajstić information content (AvgIpc) is 3.21. The third-order valence-corrected chi connectivity index (χ3v) is 4.61. The molecule has 4 aromatic rings. The number of nitrogens with zero attached hydrogens (tertiary/aromatic N) is 5. The van der Waals surface area contributed by atoms with Crippen LogP contribution in [-0.2, 0) is 7.05 Å². The molecular formula is C18H17FN6O. The molecule has 8 heteroatoms. The number of aromatic nitrogens is 5. The van der Waals surface area contributed by atoms with Crippen molar-refractivity contribution in [3.8, 4) is 17.0 Å². The molecule has 1 saturated carbocycles. The van der Waals surface area contributed by atoms with Crippen molar-refractivity contribution in [2.45, 2.75) is 18.9 Å². The van der Waals surface area contributed by atoms with Crippen molar-refractivity contribution in [3.63, 3.8) is 0 Å². The van der Waals surface area contributed by atoms with Gasteiger partial charge >= 0.3 is 0 Å². The van der Waals surface area contributed by atoms with Gasteiger partial charge in [-0.2, -0.15) is 9.61 Å². The number of ether oxygens (including phenoxy) is 1. The number of aryl methyl sites for hydroxylation is 1. The molecule has 1 aliphatic rings. The standard InChI is InChI=1S/C18H17FN6O/c1-24-9-20-16-17(21-11-4-5-11)22-15-8-13(23-25(15)18(16)24)10-3-6-14(26-2)12(19)7-10/h3,6-9,11H,4-5H2,1-2H3,(H,21,22). The normalized spacial score (nSPS) is 14.3. The van der Waals surface area contributed by atoms with Gasteiger partial charge in [-0.1, -0.05) is 0 Å². The number of rotatable bonds is 4. The van der Waals surface area contributed by atoms with Gasteiger partial charge in [0.05, 0.1) is 19.1 Å². The van der Waals surface area contributed by atoms with Crippen molar-refractivity contribution in [1.29, 1.82) is 0 Å². The van der Waals surface area contributed by atoms with Crippen molar-refractivity contribution in [2.24, 2.45) is 7.05 Å². The molecule has 0 amide bonds. The van der Waals surface area contributed by atoms with Crippen LogP contribution in [0.4, 0.5) is 10.2 Å². The fraction of sp³-hybridized carbons (Fsp3) is 0.278. The lowest BCUT2D eigenvalue weighted by molar-refractivity contribution is 0.386. The van der Waals surface area contributed by atoms with Gasteiger partial charge in [0.1, 0.15) is 0 Å². The zero-order valence-electron chi connectivity index (χ0n) is 14.4. The van der Waals surface area contributed by atoms with E-state index in [4.69, 9.17) is 9.72 Å². The summed E-state index contributed by atoms with van der Waals surface area (Å²) in [6.45, 7) is 0. The van der Waals surface area contributed by atoms with E-state index in [1.807, 2.05) is 17.7 Å². The first kappa shape index (κ1) is 15.1. The first-order chi connectivity index (χ1) is 12.6.